The first-order chi connectivity index (χ1) is 12.5. The molecule has 0 aliphatic heterocycles. The van der Waals surface area contributed by atoms with E-state index in [-0.39, 0.29) is 18.5 Å². The molecule has 3 N–H and O–H groups in total. The van der Waals surface area contributed by atoms with Gasteiger partial charge in [0.2, 0.25) is 5.95 Å². The number of aromatic nitrogens is 3. The quantitative estimate of drug-likeness (QED) is 0.629. The number of rotatable bonds is 6. The van der Waals surface area contributed by atoms with Gasteiger partial charge in [-0.15, -0.1) is 0 Å². The molecule has 0 spiro atoms. The van der Waals surface area contributed by atoms with Crippen molar-refractivity contribution in [3.05, 3.63) is 60.2 Å². The fourth-order valence-electron chi connectivity index (χ4n) is 2.42. The number of hydrogen-bond acceptors (Lipinski definition) is 6. The van der Waals surface area contributed by atoms with E-state index in [9.17, 15) is 9.50 Å². The highest BCUT2D eigenvalue weighted by Gasteiger charge is 2.10. The van der Waals surface area contributed by atoms with Crippen LogP contribution in [0.3, 0.4) is 0 Å². The number of anilines is 3. The van der Waals surface area contributed by atoms with Crippen molar-refractivity contribution in [2.75, 3.05) is 17.2 Å². The highest BCUT2D eigenvalue weighted by atomic mass is 19.1. The average Bonchev–Trinajstić information content (AvgIpc) is 2.64. The molecule has 0 aliphatic carbocycles. The predicted molar refractivity (Wildman–Crippen MR) is 99.9 cm³/mol. The van der Waals surface area contributed by atoms with Crippen LogP contribution in [0, 0.1) is 12.7 Å². The van der Waals surface area contributed by atoms with Gasteiger partial charge in [0.25, 0.3) is 0 Å². The molecule has 0 aliphatic rings. The van der Waals surface area contributed by atoms with Gasteiger partial charge < -0.3 is 15.7 Å². The molecule has 3 rings (SSSR count). The molecular formula is C19H20FN5O. The smallest absolute Gasteiger partial charge is 0.225 e. The Morgan fingerprint density at radius 1 is 1.12 bits per heavy atom. The minimum atomic E-state index is -0.285. The van der Waals surface area contributed by atoms with Gasteiger partial charge in [-0.3, -0.25) is 4.98 Å². The predicted octanol–water partition coefficient (Wildman–Crippen LogP) is 3.52. The van der Waals surface area contributed by atoms with Crippen LogP contribution in [-0.2, 0) is 0 Å². The Morgan fingerprint density at radius 2 is 1.88 bits per heavy atom. The molecule has 6 nitrogen and oxygen atoms in total. The molecule has 1 atom stereocenters. The van der Waals surface area contributed by atoms with Crippen molar-refractivity contribution < 1.29 is 9.50 Å². The zero-order valence-electron chi connectivity index (χ0n) is 14.6. The zero-order chi connectivity index (χ0) is 18.5. The maximum absolute atomic E-state index is 13.3. The Kier molecular flexibility index (Phi) is 5.38. The number of nitrogens with one attached hydrogen (secondary N) is 2. The lowest BCUT2D eigenvalue weighted by atomic mass is 10.1. The largest absolute Gasteiger partial charge is 0.394 e. The average molecular weight is 353 g/mol. The minimum Gasteiger partial charge on any atom is -0.394 e. The van der Waals surface area contributed by atoms with Gasteiger partial charge in [0.1, 0.15) is 11.6 Å². The van der Waals surface area contributed by atoms with Crippen LogP contribution in [-0.4, -0.2) is 32.7 Å². The Balaban J connectivity index is 1.98. The molecule has 0 saturated heterocycles. The van der Waals surface area contributed by atoms with Crippen LogP contribution < -0.4 is 10.6 Å². The molecule has 0 radical (unpaired) electrons. The third-order valence-corrected chi connectivity index (χ3v) is 3.80. The third-order valence-electron chi connectivity index (χ3n) is 3.80. The summed E-state index contributed by atoms with van der Waals surface area (Å²) in [6.07, 6.45) is 3.39. The van der Waals surface area contributed by atoms with E-state index in [1.54, 1.807) is 18.5 Å². The number of aliphatic hydroxyl groups is 1. The van der Waals surface area contributed by atoms with Crippen molar-refractivity contribution >= 4 is 17.5 Å². The van der Waals surface area contributed by atoms with E-state index in [0.717, 1.165) is 16.8 Å². The van der Waals surface area contributed by atoms with E-state index in [1.807, 2.05) is 32.0 Å². The molecule has 7 heteroatoms. The van der Waals surface area contributed by atoms with Gasteiger partial charge in [0.15, 0.2) is 0 Å². The van der Waals surface area contributed by atoms with Crippen LogP contribution in [0.15, 0.2) is 48.8 Å². The van der Waals surface area contributed by atoms with Gasteiger partial charge in [-0.2, -0.15) is 4.98 Å². The third kappa shape index (κ3) is 4.31. The number of pyridine rings is 1. The first kappa shape index (κ1) is 17.8. The molecule has 0 amide bonds. The number of hydrogen-bond donors (Lipinski definition) is 3. The van der Waals surface area contributed by atoms with Crippen molar-refractivity contribution in [1.29, 1.82) is 0 Å². The Hall–Kier alpha value is -3.06. The van der Waals surface area contributed by atoms with Crippen molar-refractivity contribution in [3.63, 3.8) is 0 Å². The Labute approximate surface area is 151 Å². The highest BCUT2D eigenvalue weighted by molar-refractivity contribution is 5.68. The number of benzene rings is 1. The number of nitrogens with zero attached hydrogens (tertiary/aromatic N) is 3. The summed E-state index contributed by atoms with van der Waals surface area (Å²) < 4.78 is 13.3. The molecule has 2 aromatic heterocycles. The number of halogens is 1. The van der Waals surface area contributed by atoms with Crippen LogP contribution >= 0.6 is 0 Å². The summed E-state index contributed by atoms with van der Waals surface area (Å²) in [5.74, 6) is 0.671. The van der Waals surface area contributed by atoms with Crippen molar-refractivity contribution in [1.82, 2.24) is 15.0 Å². The van der Waals surface area contributed by atoms with Crippen LogP contribution in [0.25, 0.3) is 11.3 Å². The summed E-state index contributed by atoms with van der Waals surface area (Å²) in [6, 6.07) is 9.86. The van der Waals surface area contributed by atoms with E-state index < -0.39 is 0 Å². The fourth-order valence-corrected chi connectivity index (χ4v) is 2.42. The lowest BCUT2D eigenvalue weighted by molar-refractivity contribution is 0.281. The first-order valence-corrected chi connectivity index (χ1v) is 8.25. The summed E-state index contributed by atoms with van der Waals surface area (Å²) in [7, 11) is 0. The molecule has 2 heterocycles. The summed E-state index contributed by atoms with van der Waals surface area (Å²) in [4.78, 5) is 13.0. The summed E-state index contributed by atoms with van der Waals surface area (Å²) in [6.45, 7) is 3.62. The van der Waals surface area contributed by atoms with Crippen LogP contribution in [0.2, 0.25) is 0 Å². The van der Waals surface area contributed by atoms with Crippen LogP contribution in [0.4, 0.5) is 21.8 Å². The van der Waals surface area contributed by atoms with E-state index in [0.29, 0.717) is 17.5 Å². The monoisotopic (exact) mass is 353 g/mol. The maximum atomic E-state index is 13.3. The van der Waals surface area contributed by atoms with Gasteiger partial charge >= 0.3 is 0 Å². The van der Waals surface area contributed by atoms with Crippen molar-refractivity contribution in [2.45, 2.75) is 19.9 Å². The number of aryl methyl sites for hydroxylation is 1. The first-order valence-electron chi connectivity index (χ1n) is 8.25. The molecule has 1 aromatic carbocycles. The fraction of sp³-hybridized carbons (Fsp3) is 0.211. The molecule has 134 valence electrons. The van der Waals surface area contributed by atoms with Gasteiger partial charge in [-0.1, -0.05) is 0 Å². The van der Waals surface area contributed by atoms with Gasteiger partial charge in [0, 0.05) is 35.8 Å². The maximum Gasteiger partial charge on any atom is 0.225 e. The molecule has 26 heavy (non-hydrogen) atoms. The minimum absolute atomic E-state index is 0.0390. The molecule has 0 fully saturated rings. The SMILES string of the molecule is Cc1cc(F)ccc1Nc1cc(-c2ccncc2)nc(N[C@H](C)CO)n1. The van der Waals surface area contributed by atoms with Gasteiger partial charge in [-0.05, 0) is 49.7 Å². The summed E-state index contributed by atoms with van der Waals surface area (Å²) >= 11 is 0. The van der Waals surface area contributed by atoms with Crippen molar-refractivity contribution in [2.24, 2.45) is 0 Å². The topological polar surface area (TPSA) is 83.0 Å². The van der Waals surface area contributed by atoms with Gasteiger partial charge in [0.05, 0.1) is 12.3 Å². The lowest BCUT2D eigenvalue weighted by Crippen LogP contribution is -2.21. The standard InChI is InChI=1S/C19H20FN5O/c1-12-9-15(20)3-4-16(12)23-18-10-17(14-5-7-21-8-6-14)24-19(25-18)22-13(2)11-26/h3-10,13,26H,11H2,1-2H3,(H2,22,23,24,25)/t13-/m1/s1. The highest BCUT2D eigenvalue weighted by Crippen LogP contribution is 2.25. The Morgan fingerprint density at radius 3 is 2.58 bits per heavy atom. The van der Waals surface area contributed by atoms with E-state index in [4.69, 9.17) is 0 Å². The van der Waals surface area contributed by atoms with E-state index in [2.05, 4.69) is 25.6 Å². The van der Waals surface area contributed by atoms with Crippen molar-refractivity contribution in [3.8, 4) is 11.3 Å². The summed E-state index contributed by atoms with van der Waals surface area (Å²) in [5.41, 5.74) is 3.12. The normalized spacial score (nSPS) is 11.8. The molecule has 3 aromatic rings. The number of aliphatic hydroxyl groups excluding tert-OH is 1. The van der Waals surface area contributed by atoms with Crippen LogP contribution in [0.1, 0.15) is 12.5 Å². The van der Waals surface area contributed by atoms with E-state index in [1.165, 1.54) is 12.1 Å². The molecule has 0 unspecified atom stereocenters. The summed E-state index contributed by atoms with van der Waals surface area (Å²) in [5, 5.41) is 15.5. The molecule has 0 saturated carbocycles. The molecule has 0 bridgehead atoms. The lowest BCUT2D eigenvalue weighted by Gasteiger charge is -2.15. The van der Waals surface area contributed by atoms with E-state index >= 15 is 0 Å². The zero-order valence-corrected chi connectivity index (χ0v) is 14.6. The Bertz CT molecular complexity index is 888. The molecular weight excluding hydrogens is 333 g/mol. The second kappa shape index (κ2) is 7.88. The second-order valence-electron chi connectivity index (χ2n) is 6.01. The van der Waals surface area contributed by atoms with Crippen LogP contribution in [0.5, 0.6) is 0 Å². The second-order valence-corrected chi connectivity index (χ2v) is 6.01. The van der Waals surface area contributed by atoms with Gasteiger partial charge in [-0.25, -0.2) is 9.37 Å².